The molecular formula is C14H16ClNO4. The fourth-order valence-electron chi connectivity index (χ4n) is 1.53. The lowest BCUT2D eigenvalue weighted by Crippen LogP contribution is -2.34. The Morgan fingerprint density at radius 3 is 2.40 bits per heavy atom. The van der Waals surface area contributed by atoms with E-state index < -0.39 is 5.97 Å². The largest absolute Gasteiger partial charge is 0.481 e. The van der Waals surface area contributed by atoms with E-state index in [1.807, 2.05) is 0 Å². The fourth-order valence-corrected chi connectivity index (χ4v) is 1.66. The molecule has 0 aliphatic rings. The number of halogens is 1. The number of aliphatic carboxylic acids is 1. The molecule has 0 fully saturated rings. The van der Waals surface area contributed by atoms with Crippen LogP contribution in [0.15, 0.2) is 30.3 Å². The van der Waals surface area contributed by atoms with Gasteiger partial charge in [-0.1, -0.05) is 23.7 Å². The van der Waals surface area contributed by atoms with Crippen molar-refractivity contribution in [3.05, 3.63) is 40.9 Å². The van der Waals surface area contributed by atoms with Crippen molar-refractivity contribution < 1.29 is 19.8 Å². The van der Waals surface area contributed by atoms with E-state index in [9.17, 15) is 9.59 Å². The van der Waals surface area contributed by atoms with Gasteiger partial charge in [0, 0.05) is 24.2 Å². The predicted octanol–water partition coefficient (Wildman–Crippen LogP) is 1.65. The van der Waals surface area contributed by atoms with Crippen molar-refractivity contribution >= 4 is 29.6 Å². The van der Waals surface area contributed by atoms with Crippen molar-refractivity contribution in [3.8, 4) is 0 Å². The number of rotatable bonds is 7. The van der Waals surface area contributed by atoms with Gasteiger partial charge in [0.05, 0.1) is 13.0 Å². The first-order valence-electron chi connectivity index (χ1n) is 6.08. The van der Waals surface area contributed by atoms with E-state index in [4.69, 9.17) is 21.8 Å². The van der Waals surface area contributed by atoms with Gasteiger partial charge in [0.1, 0.15) is 0 Å². The van der Waals surface area contributed by atoms with Gasteiger partial charge in [0.15, 0.2) is 0 Å². The van der Waals surface area contributed by atoms with Crippen LogP contribution in [0.1, 0.15) is 12.0 Å². The molecule has 0 spiro atoms. The Morgan fingerprint density at radius 2 is 1.85 bits per heavy atom. The lowest BCUT2D eigenvalue weighted by atomic mass is 10.2. The van der Waals surface area contributed by atoms with Gasteiger partial charge in [-0.05, 0) is 23.8 Å². The highest BCUT2D eigenvalue weighted by Crippen LogP contribution is 2.10. The highest BCUT2D eigenvalue weighted by atomic mass is 35.5. The minimum absolute atomic E-state index is 0.0691. The average Bonchev–Trinajstić information content (AvgIpc) is 2.42. The van der Waals surface area contributed by atoms with Crippen LogP contribution < -0.4 is 0 Å². The van der Waals surface area contributed by atoms with Crippen LogP contribution in [0.5, 0.6) is 0 Å². The van der Waals surface area contributed by atoms with Crippen LogP contribution in [0.4, 0.5) is 0 Å². The molecule has 0 atom stereocenters. The SMILES string of the molecule is O=C(O)CCN(CCO)C(=O)/C=C/c1ccc(Cl)cc1. The molecule has 0 bridgehead atoms. The van der Waals surface area contributed by atoms with Gasteiger partial charge in [0.25, 0.3) is 0 Å². The third-order valence-corrected chi connectivity index (χ3v) is 2.82. The molecule has 0 radical (unpaired) electrons. The van der Waals surface area contributed by atoms with Crippen LogP contribution in [0.25, 0.3) is 6.08 Å². The van der Waals surface area contributed by atoms with Crippen LogP contribution in [0, 0.1) is 0 Å². The zero-order chi connectivity index (χ0) is 15.0. The summed E-state index contributed by atoms with van der Waals surface area (Å²) < 4.78 is 0. The number of hydrogen-bond donors (Lipinski definition) is 2. The molecule has 0 unspecified atom stereocenters. The van der Waals surface area contributed by atoms with Gasteiger partial charge in [-0.2, -0.15) is 0 Å². The minimum Gasteiger partial charge on any atom is -0.481 e. The Bertz CT molecular complexity index is 484. The molecule has 0 aliphatic carbocycles. The molecule has 0 saturated carbocycles. The first-order chi connectivity index (χ1) is 9.52. The molecular weight excluding hydrogens is 282 g/mol. The van der Waals surface area contributed by atoms with Crippen molar-refractivity contribution in [2.45, 2.75) is 6.42 Å². The number of aliphatic hydroxyl groups excluding tert-OH is 1. The quantitative estimate of drug-likeness (QED) is 0.750. The van der Waals surface area contributed by atoms with E-state index >= 15 is 0 Å². The Balaban J connectivity index is 2.64. The number of aliphatic hydroxyl groups is 1. The number of benzene rings is 1. The average molecular weight is 298 g/mol. The normalized spacial score (nSPS) is 10.7. The van der Waals surface area contributed by atoms with Gasteiger partial charge >= 0.3 is 5.97 Å². The van der Waals surface area contributed by atoms with E-state index in [0.717, 1.165) is 5.56 Å². The molecule has 1 rings (SSSR count). The third kappa shape index (κ3) is 5.86. The van der Waals surface area contributed by atoms with Crippen LogP contribution in [-0.2, 0) is 9.59 Å². The molecule has 20 heavy (non-hydrogen) atoms. The van der Waals surface area contributed by atoms with Crippen molar-refractivity contribution in [2.24, 2.45) is 0 Å². The number of carbonyl (C=O) groups is 2. The molecule has 1 aromatic carbocycles. The second kappa shape index (κ2) is 8.35. The standard InChI is InChI=1S/C14H16ClNO4/c15-12-4-1-11(2-5-12)3-6-13(18)16(9-10-17)8-7-14(19)20/h1-6,17H,7-10H2,(H,19,20)/b6-3+. The van der Waals surface area contributed by atoms with Crippen molar-refractivity contribution in [3.63, 3.8) is 0 Å². The summed E-state index contributed by atoms with van der Waals surface area (Å²) in [4.78, 5) is 23.7. The van der Waals surface area contributed by atoms with Crippen molar-refractivity contribution in [2.75, 3.05) is 19.7 Å². The third-order valence-electron chi connectivity index (χ3n) is 2.57. The maximum Gasteiger partial charge on any atom is 0.305 e. The lowest BCUT2D eigenvalue weighted by Gasteiger charge is -2.18. The smallest absolute Gasteiger partial charge is 0.305 e. The highest BCUT2D eigenvalue weighted by Gasteiger charge is 2.11. The Kier molecular flexibility index (Phi) is 6.76. The zero-order valence-corrected chi connectivity index (χ0v) is 11.6. The fraction of sp³-hybridized carbons (Fsp3) is 0.286. The minimum atomic E-state index is -0.984. The van der Waals surface area contributed by atoms with E-state index in [1.165, 1.54) is 11.0 Å². The lowest BCUT2D eigenvalue weighted by molar-refractivity contribution is -0.138. The molecule has 0 saturated heterocycles. The Hall–Kier alpha value is -1.85. The molecule has 0 aromatic heterocycles. The predicted molar refractivity (Wildman–Crippen MR) is 76.4 cm³/mol. The van der Waals surface area contributed by atoms with Crippen LogP contribution >= 0.6 is 11.6 Å². The molecule has 1 amide bonds. The van der Waals surface area contributed by atoms with E-state index in [0.29, 0.717) is 5.02 Å². The first kappa shape index (κ1) is 16.2. The highest BCUT2D eigenvalue weighted by molar-refractivity contribution is 6.30. The van der Waals surface area contributed by atoms with Gasteiger partial charge in [-0.25, -0.2) is 0 Å². The summed E-state index contributed by atoms with van der Waals surface area (Å²) in [5.41, 5.74) is 0.810. The van der Waals surface area contributed by atoms with Gasteiger partial charge in [0.2, 0.25) is 5.91 Å². The van der Waals surface area contributed by atoms with Crippen LogP contribution in [0.3, 0.4) is 0 Å². The number of amides is 1. The van der Waals surface area contributed by atoms with E-state index in [1.54, 1.807) is 30.3 Å². The second-order valence-electron chi connectivity index (χ2n) is 4.08. The number of carboxylic acid groups (broad SMARTS) is 1. The summed E-state index contributed by atoms with van der Waals surface area (Å²) in [5.74, 6) is -1.32. The number of carboxylic acids is 1. The maximum absolute atomic E-state index is 11.9. The number of nitrogens with zero attached hydrogens (tertiary/aromatic N) is 1. The van der Waals surface area contributed by atoms with Crippen molar-refractivity contribution in [1.29, 1.82) is 0 Å². The Morgan fingerprint density at radius 1 is 1.20 bits per heavy atom. The summed E-state index contributed by atoms with van der Waals surface area (Å²) in [6.07, 6.45) is 2.81. The number of hydrogen-bond acceptors (Lipinski definition) is 3. The summed E-state index contributed by atoms with van der Waals surface area (Å²) in [6.45, 7) is -0.0309. The number of carbonyl (C=O) groups excluding carboxylic acids is 1. The monoisotopic (exact) mass is 297 g/mol. The van der Waals surface area contributed by atoms with Gasteiger partial charge < -0.3 is 15.1 Å². The van der Waals surface area contributed by atoms with Crippen LogP contribution in [-0.4, -0.2) is 46.7 Å². The molecule has 0 aliphatic heterocycles. The topological polar surface area (TPSA) is 77.8 Å². The summed E-state index contributed by atoms with van der Waals surface area (Å²) >= 11 is 5.75. The maximum atomic E-state index is 11.9. The van der Waals surface area contributed by atoms with Gasteiger partial charge in [-0.15, -0.1) is 0 Å². The van der Waals surface area contributed by atoms with Crippen LogP contribution in [0.2, 0.25) is 5.02 Å². The first-order valence-corrected chi connectivity index (χ1v) is 6.46. The Labute approximate surface area is 122 Å². The zero-order valence-electron chi connectivity index (χ0n) is 10.8. The summed E-state index contributed by atoms with van der Waals surface area (Å²) in [7, 11) is 0. The molecule has 108 valence electrons. The molecule has 5 nitrogen and oxygen atoms in total. The second-order valence-corrected chi connectivity index (χ2v) is 4.51. The van der Waals surface area contributed by atoms with Crippen molar-refractivity contribution in [1.82, 2.24) is 4.90 Å². The summed E-state index contributed by atoms with van der Waals surface area (Å²) in [6, 6.07) is 6.95. The molecule has 0 heterocycles. The van der Waals surface area contributed by atoms with E-state index in [-0.39, 0.29) is 32.0 Å². The molecule has 1 aromatic rings. The van der Waals surface area contributed by atoms with E-state index in [2.05, 4.69) is 0 Å². The summed E-state index contributed by atoms with van der Waals surface area (Å²) in [5, 5.41) is 18.1. The molecule has 2 N–H and O–H groups in total. The molecule has 6 heteroatoms. The van der Waals surface area contributed by atoms with Gasteiger partial charge in [-0.3, -0.25) is 9.59 Å².